The minimum absolute atomic E-state index is 0.112. The number of ether oxygens (including phenoxy) is 1. The Hall–Kier alpha value is -1.51. The van der Waals surface area contributed by atoms with Gasteiger partial charge in [-0.25, -0.2) is 0 Å². The highest BCUT2D eigenvalue weighted by molar-refractivity contribution is 5.88. The number of amides is 1. The Morgan fingerprint density at radius 3 is 3.00 bits per heavy atom. The molecule has 1 N–H and O–H groups in total. The number of carbonyl (C=O) groups excluding carboxylic acids is 1. The van der Waals surface area contributed by atoms with E-state index in [9.17, 15) is 4.79 Å². The molecular formula is C9H10NO2. The minimum atomic E-state index is -0.112. The van der Waals surface area contributed by atoms with Crippen LogP contribution in [0.25, 0.3) is 0 Å². The Morgan fingerprint density at radius 2 is 2.42 bits per heavy atom. The number of methoxy groups -OCH3 is 1. The Morgan fingerprint density at radius 1 is 1.67 bits per heavy atom. The van der Waals surface area contributed by atoms with Gasteiger partial charge in [-0.15, -0.1) is 0 Å². The Kier molecular flexibility index (Phi) is 2.69. The summed E-state index contributed by atoms with van der Waals surface area (Å²) >= 11 is 0. The Labute approximate surface area is 71.4 Å². The van der Waals surface area contributed by atoms with E-state index in [0.717, 1.165) is 0 Å². The van der Waals surface area contributed by atoms with E-state index in [-0.39, 0.29) is 5.91 Å². The highest BCUT2D eigenvalue weighted by Gasteiger charge is 1.96. The predicted molar refractivity (Wildman–Crippen MR) is 46.1 cm³/mol. The van der Waals surface area contributed by atoms with Crippen molar-refractivity contribution in [3.63, 3.8) is 0 Å². The molecule has 0 aliphatic carbocycles. The zero-order valence-corrected chi connectivity index (χ0v) is 7.05. The molecule has 0 saturated carbocycles. The summed E-state index contributed by atoms with van der Waals surface area (Å²) < 4.78 is 4.97. The van der Waals surface area contributed by atoms with Gasteiger partial charge in [-0.1, -0.05) is 0 Å². The molecule has 1 amide bonds. The number of benzene rings is 1. The van der Waals surface area contributed by atoms with Gasteiger partial charge in [0.2, 0.25) is 5.91 Å². The number of hydrogen-bond acceptors (Lipinski definition) is 2. The largest absolute Gasteiger partial charge is 0.497 e. The molecule has 0 bridgehead atoms. The molecule has 0 aliphatic heterocycles. The maximum Gasteiger partial charge on any atom is 0.221 e. The summed E-state index contributed by atoms with van der Waals surface area (Å²) in [6, 6.07) is 8.04. The van der Waals surface area contributed by atoms with Crippen molar-refractivity contribution >= 4 is 11.6 Å². The number of hydrogen-bond donors (Lipinski definition) is 1. The first kappa shape index (κ1) is 8.59. The van der Waals surface area contributed by atoms with Crippen LogP contribution in [0.2, 0.25) is 0 Å². The number of nitrogens with one attached hydrogen (secondary N) is 1. The number of carbonyl (C=O) groups is 1. The molecule has 0 spiro atoms. The van der Waals surface area contributed by atoms with Crippen LogP contribution in [0.5, 0.6) is 5.75 Å². The average molecular weight is 164 g/mol. The van der Waals surface area contributed by atoms with Gasteiger partial charge < -0.3 is 10.1 Å². The summed E-state index contributed by atoms with van der Waals surface area (Å²) in [6.45, 7) is 1.45. The molecule has 0 aliphatic rings. The molecule has 1 aromatic carbocycles. The first-order chi connectivity index (χ1) is 5.72. The normalized spacial score (nSPS) is 9.17. The van der Waals surface area contributed by atoms with Gasteiger partial charge >= 0.3 is 0 Å². The van der Waals surface area contributed by atoms with Gasteiger partial charge in [-0.2, -0.15) is 0 Å². The molecule has 0 atom stereocenters. The molecule has 1 aromatic rings. The lowest BCUT2D eigenvalue weighted by molar-refractivity contribution is -0.114. The fourth-order valence-corrected chi connectivity index (χ4v) is 0.834. The van der Waals surface area contributed by atoms with E-state index in [1.807, 2.05) is 0 Å². The van der Waals surface area contributed by atoms with E-state index in [1.54, 1.807) is 25.3 Å². The fourth-order valence-electron chi connectivity index (χ4n) is 0.834. The highest BCUT2D eigenvalue weighted by atomic mass is 16.5. The van der Waals surface area contributed by atoms with Crippen molar-refractivity contribution in [1.29, 1.82) is 0 Å². The molecule has 3 nitrogen and oxygen atoms in total. The second-order valence-electron chi connectivity index (χ2n) is 2.32. The first-order valence-corrected chi connectivity index (χ1v) is 3.55. The SMILES string of the molecule is COc1cc[c]c(NC(C)=O)c1. The van der Waals surface area contributed by atoms with Crippen LogP contribution < -0.4 is 10.1 Å². The van der Waals surface area contributed by atoms with E-state index in [2.05, 4.69) is 11.4 Å². The maximum absolute atomic E-state index is 10.6. The molecule has 1 rings (SSSR count). The van der Waals surface area contributed by atoms with Crippen LogP contribution in [-0.4, -0.2) is 13.0 Å². The Balaban J connectivity index is 2.79. The summed E-state index contributed by atoms with van der Waals surface area (Å²) in [5.41, 5.74) is 0.627. The van der Waals surface area contributed by atoms with Crippen molar-refractivity contribution in [3.8, 4) is 5.75 Å². The van der Waals surface area contributed by atoms with Crippen molar-refractivity contribution in [3.05, 3.63) is 24.3 Å². The van der Waals surface area contributed by atoms with Gasteiger partial charge in [0.25, 0.3) is 0 Å². The van der Waals surface area contributed by atoms with Crippen molar-refractivity contribution in [2.75, 3.05) is 12.4 Å². The second-order valence-corrected chi connectivity index (χ2v) is 2.32. The summed E-state index contributed by atoms with van der Waals surface area (Å²) in [4.78, 5) is 10.6. The van der Waals surface area contributed by atoms with Gasteiger partial charge in [0.05, 0.1) is 12.8 Å². The molecule has 3 heteroatoms. The number of rotatable bonds is 2. The molecule has 0 heterocycles. The van der Waals surface area contributed by atoms with Crippen LogP contribution in [-0.2, 0) is 4.79 Å². The minimum Gasteiger partial charge on any atom is -0.497 e. The second kappa shape index (κ2) is 3.76. The van der Waals surface area contributed by atoms with Crippen LogP contribution in [0.4, 0.5) is 5.69 Å². The van der Waals surface area contributed by atoms with E-state index in [4.69, 9.17) is 4.74 Å². The smallest absolute Gasteiger partial charge is 0.221 e. The predicted octanol–water partition coefficient (Wildman–Crippen LogP) is 1.45. The molecule has 63 valence electrons. The molecule has 1 radical (unpaired) electrons. The van der Waals surface area contributed by atoms with Crippen LogP contribution >= 0.6 is 0 Å². The van der Waals surface area contributed by atoms with Crippen molar-refractivity contribution in [2.24, 2.45) is 0 Å². The lowest BCUT2D eigenvalue weighted by Gasteiger charge is -2.03. The van der Waals surface area contributed by atoms with Crippen molar-refractivity contribution in [1.82, 2.24) is 0 Å². The third kappa shape index (κ3) is 2.27. The molecule has 0 saturated heterocycles. The van der Waals surface area contributed by atoms with E-state index >= 15 is 0 Å². The maximum atomic E-state index is 10.6. The van der Waals surface area contributed by atoms with Gasteiger partial charge in [-0.3, -0.25) is 4.79 Å². The summed E-state index contributed by atoms with van der Waals surface area (Å²) in [5.74, 6) is 0.594. The molecule has 0 unspecified atom stereocenters. The van der Waals surface area contributed by atoms with Gasteiger partial charge in [-0.05, 0) is 12.1 Å². The van der Waals surface area contributed by atoms with Crippen LogP contribution in [0.15, 0.2) is 18.2 Å². The third-order valence-electron chi connectivity index (χ3n) is 1.32. The fraction of sp³-hybridized carbons (Fsp3) is 0.222. The lowest BCUT2D eigenvalue weighted by atomic mass is 10.3. The standard InChI is InChI=1S/C9H10NO2/c1-7(11)10-8-4-3-5-9(6-8)12-2/h3,5-6H,1-2H3,(H,10,11). The van der Waals surface area contributed by atoms with Gasteiger partial charge in [0.1, 0.15) is 5.75 Å². The number of anilines is 1. The van der Waals surface area contributed by atoms with Crippen molar-refractivity contribution < 1.29 is 9.53 Å². The van der Waals surface area contributed by atoms with Crippen molar-refractivity contribution in [2.45, 2.75) is 6.92 Å². The molecule has 0 fully saturated rings. The quantitative estimate of drug-likeness (QED) is 0.718. The molecular weight excluding hydrogens is 154 g/mol. The van der Waals surface area contributed by atoms with Crippen LogP contribution in [0.1, 0.15) is 6.92 Å². The monoisotopic (exact) mass is 164 g/mol. The van der Waals surface area contributed by atoms with E-state index in [0.29, 0.717) is 11.4 Å². The zero-order chi connectivity index (χ0) is 8.97. The summed E-state index contributed by atoms with van der Waals surface area (Å²) in [6.07, 6.45) is 0. The topological polar surface area (TPSA) is 38.3 Å². The van der Waals surface area contributed by atoms with Gasteiger partial charge in [0, 0.05) is 19.1 Å². The average Bonchev–Trinajstić information content (AvgIpc) is 2.03. The van der Waals surface area contributed by atoms with E-state index in [1.165, 1.54) is 6.92 Å². The molecule has 0 aromatic heterocycles. The van der Waals surface area contributed by atoms with Crippen LogP contribution in [0.3, 0.4) is 0 Å². The Bertz CT molecular complexity index is 284. The third-order valence-corrected chi connectivity index (χ3v) is 1.32. The summed E-state index contributed by atoms with van der Waals surface area (Å²) in [5, 5.41) is 2.60. The summed E-state index contributed by atoms with van der Waals surface area (Å²) in [7, 11) is 1.58. The highest BCUT2D eigenvalue weighted by Crippen LogP contribution is 2.15. The van der Waals surface area contributed by atoms with Gasteiger partial charge in [0.15, 0.2) is 0 Å². The van der Waals surface area contributed by atoms with Crippen LogP contribution in [0, 0.1) is 6.07 Å². The lowest BCUT2D eigenvalue weighted by Crippen LogP contribution is -2.05. The van der Waals surface area contributed by atoms with E-state index < -0.39 is 0 Å². The zero-order valence-electron chi connectivity index (χ0n) is 7.05. The molecule has 12 heavy (non-hydrogen) atoms. The first-order valence-electron chi connectivity index (χ1n) is 3.55.